The molecule has 0 bridgehead atoms. The fourth-order valence-corrected chi connectivity index (χ4v) is 1.73. The zero-order valence-electron chi connectivity index (χ0n) is 9.84. The predicted octanol–water partition coefficient (Wildman–Crippen LogP) is 2.49. The molecule has 1 heterocycles. The number of aliphatic hydroxyl groups excluding tert-OH is 1. The van der Waals surface area contributed by atoms with Gasteiger partial charge in [0.1, 0.15) is 5.76 Å². The highest BCUT2D eigenvalue weighted by molar-refractivity contribution is 5.18. The van der Waals surface area contributed by atoms with E-state index in [1.54, 1.807) is 6.26 Å². The zero-order valence-corrected chi connectivity index (χ0v) is 9.84. The molecule has 2 atom stereocenters. The van der Waals surface area contributed by atoms with Crippen LogP contribution in [0.15, 0.2) is 53.1 Å². The first-order valence-corrected chi connectivity index (χ1v) is 5.76. The molecule has 0 radical (unpaired) electrons. The van der Waals surface area contributed by atoms with Crippen molar-refractivity contribution in [2.75, 3.05) is 0 Å². The van der Waals surface area contributed by atoms with E-state index in [9.17, 15) is 5.11 Å². The number of benzene rings is 1. The summed E-state index contributed by atoms with van der Waals surface area (Å²) in [5.74, 6) is 0.872. The lowest BCUT2D eigenvalue weighted by Crippen LogP contribution is -2.31. The summed E-state index contributed by atoms with van der Waals surface area (Å²) in [4.78, 5) is 0. The number of nitrogens with one attached hydrogen (secondary N) is 1. The molecule has 3 nitrogen and oxygen atoms in total. The van der Waals surface area contributed by atoms with Gasteiger partial charge in [0.05, 0.1) is 18.9 Å². The zero-order chi connectivity index (χ0) is 12.1. The second-order valence-electron chi connectivity index (χ2n) is 4.10. The highest BCUT2D eigenvalue weighted by Crippen LogP contribution is 2.16. The monoisotopic (exact) mass is 231 g/mol. The van der Waals surface area contributed by atoms with E-state index < -0.39 is 6.10 Å². The molecule has 1 aromatic heterocycles. The van der Waals surface area contributed by atoms with Gasteiger partial charge in [-0.25, -0.2) is 0 Å². The van der Waals surface area contributed by atoms with Crippen LogP contribution in [0.4, 0.5) is 0 Å². The summed E-state index contributed by atoms with van der Waals surface area (Å²) in [6, 6.07) is 13.4. The van der Waals surface area contributed by atoms with Crippen LogP contribution in [-0.2, 0) is 6.54 Å². The summed E-state index contributed by atoms with van der Waals surface area (Å²) in [6.07, 6.45) is 1.14. The molecule has 0 saturated heterocycles. The van der Waals surface area contributed by atoms with Crippen molar-refractivity contribution in [3.05, 3.63) is 60.1 Å². The van der Waals surface area contributed by atoms with E-state index in [-0.39, 0.29) is 6.04 Å². The van der Waals surface area contributed by atoms with Gasteiger partial charge < -0.3 is 14.8 Å². The van der Waals surface area contributed by atoms with Crippen LogP contribution in [-0.4, -0.2) is 11.1 Å². The third kappa shape index (κ3) is 3.19. The van der Waals surface area contributed by atoms with Crippen molar-refractivity contribution in [3.8, 4) is 0 Å². The van der Waals surface area contributed by atoms with E-state index in [1.807, 2.05) is 49.4 Å². The first kappa shape index (κ1) is 11.9. The van der Waals surface area contributed by atoms with Gasteiger partial charge in [0.2, 0.25) is 0 Å². The number of furan rings is 1. The Morgan fingerprint density at radius 3 is 2.59 bits per heavy atom. The van der Waals surface area contributed by atoms with E-state index >= 15 is 0 Å². The fourth-order valence-electron chi connectivity index (χ4n) is 1.73. The third-order valence-corrected chi connectivity index (χ3v) is 2.79. The second-order valence-corrected chi connectivity index (χ2v) is 4.10. The Balaban J connectivity index is 1.89. The summed E-state index contributed by atoms with van der Waals surface area (Å²) >= 11 is 0. The lowest BCUT2D eigenvalue weighted by atomic mass is 10.0. The molecule has 0 spiro atoms. The fraction of sp³-hybridized carbons (Fsp3) is 0.286. The van der Waals surface area contributed by atoms with Crippen LogP contribution in [0.2, 0.25) is 0 Å². The second kappa shape index (κ2) is 5.66. The number of aliphatic hydroxyl groups is 1. The van der Waals surface area contributed by atoms with Crippen LogP contribution in [0.1, 0.15) is 24.4 Å². The third-order valence-electron chi connectivity index (χ3n) is 2.79. The van der Waals surface area contributed by atoms with Gasteiger partial charge in [-0.1, -0.05) is 30.3 Å². The largest absolute Gasteiger partial charge is 0.468 e. The van der Waals surface area contributed by atoms with Gasteiger partial charge in [-0.05, 0) is 24.6 Å². The van der Waals surface area contributed by atoms with Gasteiger partial charge in [0.25, 0.3) is 0 Å². The van der Waals surface area contributed by atoms with Crippen LogP contribution in [0.25, 0.3) is 0 Å². The molecule has 0 amide bonds. The molecule has 0 aliphatic carbocycles. The maximum atomic E-state index is 10.1. The Morgan fingerprint density at radius 2 is 1.94 bits per heavy atom. The highest BCUT2D eigenvalue weighted by Gasteiger charge is 2.15. The van der Waals surface area contributed by atoms with Gasteiger partial charge >= 0.3 is 0 Å². The Morgan fingerprint density at radius 1 is 1.18 bits per heavy atom. The van der Waals surface area contributed by atoms with Gasteiger partial charge in [-0.2, -0.15) is 0 Å². The van der Waals surface area contributed by atoms with Crippen molar-refractivity contribution in [1.82, 2.24) is 5.32 Å². The molecular weight excluding hydrogens is 214 g/mol. The first-order valence-electron chi connectivity index (χ1n) is 5.76. The molecule has 3 heteroatoms. The summed E-state index contributed by atoms with van der Waals surface area (Å²) in [5.41, 5.74) is 0.923. The predicted molar refractivity (Wildman–Crippen MR) is 66.4 cm³/mol. The van der Waals surface area contributed by atoms with Crippen molar-refractivity contribution in [2.45, 2.75) is 25.6 Å². The molecule has 90 valence electrons. The standard InChI is InChI=1S/C14H17NO2/c1-11(15-10-13-8-5-9-17-13)14(16)12-6-3-2-4-7-12/h2-9,11,14-16H,10H2,1H3. The molecule has 2 unspecified atom stereocenters. The molecule has 2 rings (SSSR count). The average molecular weight is 231 g/mol. The smallest absolute Gasteiger partial charge is 0.117 e. The van der Waals surface area contributed by atoms with Crippen molar-refractivity contribution in [3.63, 3.8) is 0 Å². The van der Waals surface area contributed by atoms with Gasteiger partial charge in [0, 0.05) is 6.04 Å². The van der Waals surface area contributed by atoms with E-state index in [0.29, 0.717) is 6.54 Å². The minimum atomic E-state index is -0.508. The normalized spacial score (nSPS) is 14.5. The minimum Gasteiger partial charge on any atom is -0.468 e. The Labute approximate surface area is 101 Å². The van der Waals surface area contributed by atoms with Crippen LogP contribution < -0.4 is 5.32 Å². The minimum absolute atomic E-state index is 0.0255. The summed E-state index contributed by atoms with van der Waals surface area (Å²) < 4.78 is 5.23. The Bertz CT molecular complexity index is 425. The van der Waals surface area contributed by atoms with Crippen molar-refractivity contribution in [2.24, 2.45) is 0 Å². The van der Waals surface area contributed by atoms with Gasteiger partial charge in [-0.3, -0.25) is 0 Å². The van der Waals surface area contributed by atoms with E-state index in [2.05, 4.69) is 5.32 Å². The van der Waals surface area contributed by atoms with Crippen LogP contribution in [0.3, 0.4) is 0 Å². The lowest BCUT2D eigenvalue weighted by molar-refractivity contribution is 0.134. The molecular formula is C14H17NO2. The quantitative estimate of drug-likeness (QED) is 0.831. The molecule has 0 aliphatic rings. The maximum absolute atomic E-state index is 10.1. The lowest BCUT2D eigenvalue weighted by Gasteiger charge is -2.20. The van der Waals surface area contributed by atoms with Gasteiger partial charge in [-0.15, -0.1) is 0 Å². The highest BCUT2D eigenvalue weighted by atomic mass is 16.3. The molecule has 0 aliphatic heterocycles. The topological polar surface area (TPSA) is 45.4 Å². The van der Waals surface area contributed by atoms with Crippen molar-refractivity contribution >= 4 is 0 Å². The van der Waals surface area contributed by atoms with Crippen molar-refractivity contribution in [1.29, 1.82) is 0 Å². The average Bonchev–Trinajstić information content (AvgIpc) is 2.89. The molecule has 0 saturated carbocycles. The van der Waals surface area contributed by atoms with E-state index in [1.165, 1.54) is 0 Å². The summed E-state index contributed by atoms with van der Waals surface area (Å²) in [5, 5.41) is 13.4. The Hall–Kier alpha value is -1.58. The maximum Gasteiger partial charge on any atom is 0.117 e. The number of rotatable bonds is 5. The van der Waals surface area contributed by atoms with Gasteiger partial charge in [0.15, 0.2) is 0 Å². The number of hydrogen-bond acceptors (Lipinski definition) is 3. The molecule has 2 aromatic rings. The van der Waals surface area contributed by atoms with Crippen LogP contribution in [0, 0.1) is 0 Å². The van der Waals surface area contributed by atoms with E-state index in [4.69, 9.17) is 4.42 Å². The van der Waals surface area contributed by atoms with Crippen LogP contribution in [0.5, 0.6) is 0 Å². The molecule has 0 fully saturated rings. The molecule has 1 aromatic carbocycles. The molecule has 17 heavy (non-hydrogen) atoms. The first-order chi connectivity index (χ1) is 8.27. The SMILES string of the molecule is CC(NCc1ccco1)C(O)c1ccccc1. The van der Waals surface area contributed by atoms with Crippen LogP contribution >= 0.6 is 0 Å². The number of hydrogen-bond donors (Lipinski definition) is 2. The molecule has 2 N–H and O–H groups in total. The summed E-state index contributed by atoms with van der Waals surface area (Å²) in [7, 11) is 0. The summed E-state index contributed by atoms with van der Waals surface area (Å²) in [6.45, 7) is 2.58. The van der Waals surface area contributed by atoms with E-state index in [0.717, 1.165) is 11.3 Å². The Kier molecular flexibility index (Phi) is 3.96. The van der Waals surface area contributed by atoms with Crippen molar-refractivity contribution < 1.29 is 9.52 Å².